The van der Waals surface area contributed by atoms with Crippen molar-refractivity contribution in [2.24, 2.45) is 0 Å². The van der Waals surface area contributed by atoms with Crippen LogP contribution in [0.3, 0.4) is 0 Å². The van der Waals surface area contributed by atoms with Crippen molar-refractivity contribution in [3.63, 3.8) is 0 Å². The third-order valence-electron chi connectivity index (χ3n) is 6.81. The minimum Gasteiger partial charge on any atom is -0.438 e. The molecule has 186 valence electrons. The quantitative estimate of drug-likeness (QED) is 0.382. The van der Waals surface area contributed by atoms with E-state index in [0.717, 1.165) is 18.7 Å². The van der Waals surface area contributed by atoms with E-state index in [1.54, 1.807) is 17.0 Å². The Morgan fingerprint density at radius 2 is 1.62 bits per heavy atom. The number of anilines is 1. The number of amides is 1. The molecule has 6 rings (SSSR count). The number of rotatable bonds is 4. The van der Waals surface area contributed by atoms with E-state index in [1.807, 2.05) is 12.1 Å². The van der Waals surface area contributed by atoms with Crippen molar-refractivity contribution in [1.82, 2.24) is 14.9 Å². The van der Waals surface area contributed by atoms with Gasteiger partial charge in [0.05, 0.1) is 17.8 Å². The molecule has 0 aliphatic carbocycles. The highest BCUT2D eigenvalue weighted by Crippen LogP contribution is 2.33. The molecule has 0 unspecified atom stereocenters. The zero-order valence-corrected chi connectivity index (χ0v) is 20.0. The standard InChI is InChI=1S/C29H24F2N4O2/c30-22-10-8-20(9-11-22)28(36)34-15-13-26-25(18-34)27(37-24-7-3-6-23(31)16-24)33-29(32-26)35-14-12-19-4-1-2-5-21(19)17-35/h1-11,16H,12-15,17-18H2. The van der Waals surface area contributed by atoms with Gasteiger partial charge in [0.1, 0.15) is 17.4 Å². The fraction of sp³-hybridized carbons (Fsp3) is 0.207. The fourth-order valence-corrected chi connectivity index (χ4v) is 4.85. The van der Waals surface area contributed by atoms with E-state index in [0.29, 0.717) is 48.2 Å². The number of hydrogen-bond donors (Lipinski definition) is 0. The van der Waals surface area contributed by atoms with Crippen LogP contribution in [-0.2, 0) is 25.9 Å². The van der Waals surface area contributed by atoms with Crippen molar-refractivity contribution in [2.45, 2.75) is 25.9 Å². The number of fused-ring (bicyclic) bond motifs is 2. The van der Waals surface area contributed by atoms with Crippen LogP contribution in [0.5, 0.6) is 11.6 Å². The second kappa shape index (κ2) is 9.61. The maximum absolute atomic E-state index is 13.9. The van der Waals surface area contributed by atoms with Gasteiger partial charge < -0.3 is 14.5 Å². The van der Waals surface area contributed by atoms with E-state index in [4.69, 9.17) is 14.7 Å². The van der Waals surface area contributed by atoms with Crippen LogP contribution in [0.25, 0.3) is 0 Å². The van der Waals surface area contributed by atoms with Gasteiger partial charge in [0.25, 0.3) is 5.91 Å². The predicted octanol–water partition coefficient (Wildman–Crippen LogP) is 5.31. The van der Waals surface area contributed by atoms with Gasteiger partial charge in [-0.3, -0.25) is 4.79 Å². The predicted molar refractivity (Wildman–Crippen MR) is 135 cm³/mol. The largest absolute Gasteiger partial charge is 0.438 e. The molecule has 0 saturated carbocycles. The summed E-state index contributed by atoms with van der Waals surface area (Å²) in [6, 6.07) is 19.7. The molecular formula is C29H24F2N4O2. The van der Waals surface area contributed by atoms with Crippen molar-refractivity contribution in [3.8, 4) is 11.6 Å². The lowest BCUT2D eigenvalue weighted by atomic mass is 10.0. The van der Waals surface area contributed by atoms with Crippen LogP contribution in [0.2, 0.25) is 0 Å². The summed E-state index contributed by atoms with van der Waals surface area (Å²) in [5, 5.41) is 0. The van der Waals surface area contributed by atoms with E-state index >= 15 is 0 Å². The van der Waals surface area contributed by atoms with Crippen LogP contribution >= 0.6 is 0 Å². The van der Waals surface area contributed by atoms with Crippen molar-refractivity contribution < 1.29 is 18.3 Å². The van der Waals surface area contributed by atoms with Crippen LogP contribution in [0.1, 0.15) is 32.7 Å². The lowest BCUT2D eigenvalue weighted by Gasteiger charge is -2.32. The minimum atomic E-state index is -0.415. The molecule has 0 radical (unpaired) electrons. The molecule has 0 spiro atoms. The van der Waals surface area contributed by atoms with Crippen molar-refractivity contribution in [2.75, 3.05) is 18.0 Å². The molecule has 8 heteroatoms. The first-order chi connectivity index (χ1) is 18.0. The average molecular weight is 499 g/mol. The molecule has 6 nitrogen and oxygen atoms in total. The van der Waals surface area contributed by atoms with Gasteiger partial charge >= 0.3 is 0 Å². The number of nitrogens with zero attached hydrogens (tertiary/aromatic N) is 4. The lowest BCUT2D eigenvalue weighted by Crippen LogP contribution is -2.37. The van der Waals surface area contributed by atoms with Gasteiger partial charge in [-0.2, -0.15) is 4.98 Å². The number of aromatic nitrogens is 2. The number of hydrogen-bond acceptors (Lipinski definition) is 5. The summed E-state index contributed by atoms with van der Waals surface area (Å²) in [6.07, 6.45) is 1.40. The number of carbonyl (C=O) groups excluding carboxylic acids is 1. The van der Waals surface area contributed by atoms with E-state index in [9.17, 15) is 13.6 Å². The number of carbonyl (C=O) groups is 1. The molecule has 2 aliphatic heterocycles. The highest BCUT2D eigenvalue weighted by Gasteiger charge is 2.29. The maximum atomic E-state index is 13.9. The van der Waals surface area contributed by atoms with Gasteiger partial charge in [0, 0.05) is 37.7 Å². The molecule has 0 saturated heterocycles. The Morgan fingerprint density at radius 3 is 2.43 bits per heavy atom. The molecule has 1 aromatic heterocycles. The van der Waals surface area contributed by atoms with E-state index < -0.39 is 11.6 Å². The monoisotopic (exact) mass is 498 g/mol. The number of halogens is 2. The molecule has 1 amide bonds. The Bertz CT molecular complexity index is 1480. The zero-order valence-electron chi connectivity index (χ0n) is 20.0. The van der Waals surface area contributed by atoms with E-state index in [1.165, 1.54) is 47.5 Å². The van der Waals surface area contributed by atoms with Gasteiger partial charge in [-0.15, -0.1) is 0 Å². The molecule has 37 heavy (non-hydrogen) atoms. The summed E-state index contributed by atoms with van der Waals surface area (Å²) < 4.78 is 33.4. The molecule has 0 N–H and O–H groups in total. The molecule has 0 fully saturated rings. The minimum absolute atomic E-state index is 0.209. The van der Waals surface area contributed by atoms with Crippen LogP contribution < -0.4 is 9.64 Å². The first-order valence-electron chi connectivity index (χ1n) is 12.2. The molecule has 3 heterocycles. The van der Waals surface area contributed by atoms with Crippen molar-refractivity contribution in [1.29, 1.82) is 0 Å². The second-order valence-corrected chi connectivity index (χ2v) is 9.24. The second-order valence-electron chi connectivity index (χ2n) is 9.24. The highest BCUT2D eigenvalue weighted by molar-refractivity contribution is 5.94. The average Bonchev–Trinajstić information content (AvgIpc) is 2.92. The summed E-state index contributed by atoms with van der Waals surface area (Å²) in [4.78, 5) is 26.6. The lowest BCUT2D eigenvalue weighted by molar-refractivity contribution is 0.0732. The molecular weight excluding hydrogens is 474 g/mol. The Balaban J connectivity index is 1.34. The Kier molecular flexibility index (Phi) is 6.00. The van der Waals surface area contributed by atoms with Gasteiger partial charge in [0.2, 0.25) is 11.8 Å². The SMILES string of the molecule is O=C(c1ccc(F)cc1)N1CCc2nc(N3CCc4ccccc4C3)nc(Oc3cccc(F)c3)c2C1. The maximum Gasteiger partial charge on any atom is 0.254 e. The molecule has 0 bridgehead atoms. The van der Waals surface area contributed by atoms with Crippen LogP contribution in [0.15, 0.2) is 72.8 Å². The first kappa shape index (κ1) is 23.1. The van der Waals surface area contributed by atoms with E-state index in [-0.39, 0.29) is 12.5 Å². The zero-order chi connectivity index (χ0) is 25.4. The third-order valence-corrected chi connectivity index (χ3v) is 6.81. The topological polar surface area (TPSA) is 58.6 Å². The number of benzene rings is 3. The third kappa shape index (κ3) is 4.74. The van der Waals surface area contributed by atoms with Crippen LogP contribution in [0, 0.1) is 11.6 Å². The van der Waals surface area contributed by atoms with Gasteiger partial charge in [0.15, 0.2) is 0 Å². The molecule has 3 aromatic carbocycles. The normalized spacial score (nSPS) is 14.6. The summed E-state index contributed by atoms with van der Waals surface area (Å²) in [6.45, 7) is 2.15. The summed E-state index contributed by atoms with van der Waals surface area (Å²) in [7, 11) is 0. The molecule has 4 aromatic rings. The van der Waals surface area contributed by atoms with E-state index in [2.05, 4.69) is 17.0 Å². The Hall–Kier alpha value is -4.33. The van der Waals surface area contributed by atoms with Gasteiger partial charge in [-0.1, -0.05) is 30.3 Å². The smallest absolute Gasteiger partial charge is 0.254 e. The summed E-state index contributed by atoms with van der Waals surface area (Å²) >= 11 is 0. The van der Waals surface area contributed by atoms with Crippen LogP contribution in [-0.4, -0.2) is 33.9 Å². The summed E-state index contributed by atoms with van der Waals surface area (Å²) in [5.41, 5.74) is 4.45. The van der Waals surface area contributed by atoms with Crippen molar-refractivity contribution in [3.05, 3.63) is 112 Å². The number of ether oxygens (including phenoxy) is 1. The van der Waals surface area contributed by atoms with Gasteiger partial charge in [-0.05, 0) is 53.9 Å². The fourth-order valence-electron chi connectivity index (χ4n) is 4.85. The van der Waals surface area contributed by atoms with Crippen molar-refractivity contribution >= 4 is 11.9 Å². The van der Waals surface area contributed by atoms with Gasteiger partial charge in [-0.25, -0.2) is 13.8 Å². The Labute approximate surface area is 213 Å². The Morgan fingerprint density at radius 1 is 0.811 bits per heavy atom. The highest BCUT2D eigenvalue weighted by atomic mass is 19.1. The first-order valence-corrected chi connectivity index (χ1v) is 12.2. The van der Waals surface area contributed by atoms with Crippen LogP contribution in [0.4, 0.5) is 14.7 Å². The summed E-state index contributed by atoms with van der Waals surface area (Å²) in [5.74, 6) is 0.157. The molecule has 0 atom stereocenters. The molecule has 2 aliphatic rings.